The van der Waals surface area contributed by atoms with E-state index >= 15 is 0 Å². The van der Waals surface area contributed by atoms with Crippen molar-refractivity contribution in [2.75, 3.05) is 19.6 Å². The Bertz CT molecular complexity index is 790. The number of likely N-dealkylation sites (tertiary alicyclic amines) is 2. The third-order valence-electron chi connectivity index (χ3n) is 6.36. The van der Waals surface area contributed by atoms with Crippen LogP contribution in [0.3, 0.4) is 0 Å². The maximum Gasteiger partial charge on any atom is 0.326 e. The first kappa shape index (κ1) is 18.0. The largest absolute Gasteiger partial charge is 0.480 e. The lowest BCUT2D eigenvalue weighted by molar-refractivity contribution is -0.141. The van der Waals surface area contributed by atoms with Crippen molar-refractivity contribution in [3.63, 3.8) is 0 Å². The minimum atomic E-state index is -0.960. The van der Waals surface area contributed by atoms with Crippen molar-refractivity contribution >= 4 is 17.8 Å². The Kier molecular flexibility index (Phi) is 4.24. The minimum Gasteiger partial charge on any atom is -0.480 e. The number of aliphatic carboxylic acids is 1. The summed E-state index contributed by atoms with van der Waals surface area (Å²) >= 11 is 0. The van der Waals surface area contributed by atoms with E-state index in [1.807, 2.05) is 4.90 Å². The molecule has 2 aliphatic heterocycles. The summed E-state index contributed by atoms with van der Waals surface area (Å²) in [5.74, 6) is -0.766. The first-order valence-corrected chi connectivity index (χ1v) is 9.62. The van der Waals surface area contributed by atoms with Gasteiger partial charge in [0.25, 0.3) is 5.91 Å². The van der Waals surface area contributed by atoms with Crippen LogP contribution >= 0.6 is 0 Å². The molecule has 0 radical (unpaired) electrons. The standard InChI is InChI=1S/C19H26N4O4/c1-12-14(10-21(2)20-12)17(25)23-11-19(9-15(23)18(26)27)5-7-22(8-6-19)16(24)13-3-4-13/h10,13,15H,3-9,11H2,1-2H3,(H,26,27). The van der Waals surface area contributed by atoms with Crippen molar-refractivity contribution in [3.05, 3.63) is 17.5 Å². The van der Waals surface area contributed by atoms with E-state index < -0.39 is 12.0 Å². The molecule has 3 aliphatic rings. The molecule has 2 saturated heterocycles. The van der Waals surface area contributed by atoms with Gasteiger partial charge in [-0.25, -0.2) is 4.79 Å². The number of carbonyl (C=O) groups is 3. The van der Waals surface area contributed by atoms with E-state index in [2.05, 4.69) is 5.10 Å². The molecule has 0 bridgehead atoms. The Morgan fingerprint density at radius 2 is 1.89 bits per heavy atom. The molecule has 4 rings (SSSR count). The van der Waals surface area contributed by atoms with Crippen molar-refractivity contribution in [2.24, 2.45) is 18.4 Å². The fourth-order valence-electron chi connectivity index (χ4n) is 4.61. The summed E-state index contributed by atoms with van der Waals surface area (Å²) in [4.78, 5) is 40.6. The van der Waals surface area contributed by atoms with E-state index in [-0.39, 0.29) is 23.1 Å². The Morgan fingerprint density at radius 3 is 2.41 bits per heavy atom. The second-order valence-corrected chi connectivity index (χ2v) is 8.39. The predicted molar refractivity (Wildman–Crippen MR) is 96.0 cm³/mol. The molecular formula is C19H26N4O4. The number of amides is 2. The number of hydrogen-bond acceptors (Lipinski definition) is 4. The Balaban J connectivity index is 1.50. The lowest BCUT2D eigenvalue weighted by atomic mass is 9.76. The van der Waals surface area contributed by atoms with E-state index in [1.54, 1.807) is 24.9 Å². The summed E-state index contributed by atoms with van der Waals surface area (Å²) in [7, 11) is 1.75. The fraction of sp³-hybridized carbons (Fsp3) is 0.684. The number of hydrogen-bond donors (Lipinski definition) is 1. The van der Waals surface area contributed by atoms with Gasteiger partial charge in [-0.1, -0.05) is 0 Å². The normalized spacial score (nSPS) is 24.4. The van der Waals surface area contributed by atoms with Crippen LogP contribution in [0.4, 0.5) is 0 Å². The van der Waals surface area contributed by atoms with Gasteiger partial charge in [-0.05, 0) is 44.4 Å². The van der Waals surface area contributed by atoms with E-state index in [0.29, 0.717) is 37.3 Å². The highest BCUT2D eigenvalue weighted by atomic mass is 16.4. The second kappa shape index (κ2) is 6.35. The molecule has 1 unspecified atom stereocenters. The first-order chi connectivity index (χ1) is 12.8. The lowest BCUT2D eigenvalue weighted by Gasteiger charge is -2.39. The van der Waals surface area contributed by atoms with Gasteiger partial charge in [0.2, 0.25) is 5.91 Å². The molecule has 3 fully saturated rings. The van der Waals surface area contributed by atoms with Gasteiger partial charge in [0.15, 0.2) is 0 Å². The molecule has 146 valence electrons. The van der Waals surface area contributed by atoms with E-state index in [4.69, 9.17) is 0 Å². The van der Waals surface area contributed by atoms with E-state index in [0.717, 1.165) is 25.7 Å². The molecule has 2 amide bonds. The number of carboxylic acid groups (broad SMARTS) is 1. The highest BCUT2D eigenvalue weighted by Gasteiger charge is 2.51. The van der Waals surface area contributed by atoms with Crippen LogP contribution in [0.5, 0.6) is 0 Å². The minimum absolute atomic E-state index is 0.209. The van der Waals surface area contributed by atoms with Crippen LogP contribution in [0, 0.1) is 18.3 Å². The average Bonchev–Trinajstić information content (AvgIpc) is 3.33. The third kappa shape index (κ3) is 3.21. The van der Waals surface area contributed by atoms with Gasteiger partial charge in [0.1, 0.15) is 6.04 Å². The molecule has 1 aromatic rings. The molecule has 3 heterocycles. The van der Waals surface area contributed by atoms with Crippen LogP contribution in [0.15, 0.2) is 6.20 Å². The summed E-state index contributed by atoms with van der Waals surface area (Å²) in [6.07, 6.45) is 5.61. The third-order valence-corrected chi connectivity index (χ3v) is 6.36. The average molecular weight is 374 g/mol. The quantitative estimate of drug-likeness (QED) is 0.853. The SMILES string of the molecule is Cc1nn(C)cc1C(=O)N1CC2(CCN(C(=O)C3CC3)CC2)CC1C(=O)O. The first-order valence-electron chi connectivity index (χ1n) is 9.62. The van der Waals surface area contributed by atoms with Crippen LogP contribution in [0.25, 0.3) is 0 Å². The Morgan fingerprint density at radius 1 is 1.22 bits per heavy atom. The summed E-state index contributed by atoms with van der Waals surface area (Å²) in [6.45, 7) is 3.52. The van der Waals surface area contributed by atoms with Crippen molar-refractivity contribution in [2.45, 2.75) is 45.1 Å². The molecule has 1 atom stereocenters. The monoisotopic (exact) mass is 374 g/mol. The molecule has 8 heteroatoms. The van der Waals surface area contributed by atoms with Gasteiger partial charge < -0.3 is 14.9 Å². The van der Waals surface area contributed by atoms with Gasteiger partial charge in [0, 0.05) is 38.8 Å². The number of aromatic nitrogens is 2. The number of nitrogens with zero attached hydrogens (tertiary/aromatic N) is 4. The Hall–Kier alpha value is -2.38. The van der Waals surface area contributed by atoms with Gasteiger partial charge in [-0.15, -0.1) is 0 Å². The zero-order chi connectivity index (χ0) is 19.3. The van der Waals surface area contributed by atoms with Crippen molar-refractivity contribution in [3.8, 4) is 0 Å². The highest BCUT2D eigenvalue weighted by molar-refractivity contribution is 5.97. The van der Waals surface area contributed by atoms with Gasteiger partial charge in [-0.2, -0.15) is 5.10 Å². The molecular weight excluding hydrogens is 348 g/mol. The lowest BCUT2D eigenvalue weighted by Crippen LogP contribution is -2.45. The van der Waals surface area contributed by atoms with Crippen LogP contribution in [0.1, 0.15) is 48.2 Å². The molecule has 1 saturated carbocycles. The van der Waals surface area contributed by atoms with Crippen LogP contribution in [-0.2, 0) is 16.6 Å². The number of aryl methyl sites for hydroxylation is 2. The maximum atomic E-state index is 13.0. The second-order valence-electron chi connectivity index (χ2n) is 8.39. The molecule has 1 N–H and O–H groups in total. The zero-order valence-corrected chi connectivity index (χ0v) is 15.8. The molecule has 1 aromatic heterocycles. The number of piperidine rings is 1. The summed E-state index contributed by atoms with van der Waals surface area (Å²) in [6, 6.07) is -0.817. The van der Waals surface area contributed by atoms with Crippen molar-refractivity contribution < 1.29 is 19.5 Å². The van der Waals surface area contributed by atoms with Crippen molar-refractivity contribution in [1.82, 2.24) is 19.6 Å². The maximum absolute atomic E-state index is 13.0. The number of carbonyl (C=O) groups excluding carboxylic acids is 2. The topological polar surface area (TPSA) is 95.7 Å². The summed E-state index contributed by atoms with van der Waals surface area (Å²) in [5, 5.41) is 13.9. The Labute approximate surface area is 158 Å². The van der Waals surface area contributed by atoms with Crippen LogP contribution in [-0.4, -0.2) is 68.1 Å². The molecule has 1 aliphatic carbocycles. The van der Waals surface area contributed by atoms with Crippen LogP contribution < -0.4 is 0 Å². The fourth-order valence-corrected chi connectivity index (χ4v) is 4.61. The highest BCUT2D eigenvalue weighted by Crippen LogP contribution is 2.45. The van der Waals surface area contributed by atoms with E-state index in [1.165, 1.54) is 4.90 Å². The van der Waals surface area contributed by atoms with Crippen molar-refractivity contribution in [1.29, 1.82) is 0 Å². The summed E-state index contributed by atoms with van der Waals surface area (Å²) in [5.41, 5.74) is 0.856. The van der Waals surface area contributed by atoms with E-state index in [9.17, 15) is 19.5 Å². The zero-order valence-electron chi connectivity index (χ0n) is 15.8. The van der Waals surface area contributed by atoms with Crippen LogP contribution in [0.2, 0.25) is 0 Å². The number of carboxylic acids is 1. The number of rotatable bonds is 3. The van der Waals surface area contributed by atoms with Gasteiger partial charge >= 0.3 is 5.97 Å². The van der Waals surface area contributed by atoms with Gasteiger partial charge in [0.05, 0.1) is 11.3 Å². The smallest absolute Gasteiger partial charge is 0.326 e. The molecule has 8 nitrogen and oxygen atoms in total. The molecule has 27 heavy (non-hydrogen) atoms. The molecule has 1 spiro atoms. The van der Waals surface area contributed by atoms with Gasteiger partial charge in [-0.3, -0.25) is 14.3 Å². The molecule has 0 aromatic carbocycles. The summed E-state index contributed by atoms with van der Waals surface area (Å²) < 4.78 is 1.58. The predicted octanol–water partition coefficient (Wildman–Crippen LogP) is 1.05.